The number of anilines is 1. The fourth-order valence-corrected chi connectivity index (χ4v) is 3.08. The maximum Gasteiger partial charge on any atom is 0.241 e. The Morgan fingerprint density at radius 3 is 2.70 bits per heavy atom. The second-order valence-electron chi connectivity index (χ2n) is 5.91. The molecule has 0 saturated heterocycles. The molecule has 2 rings (SSSR count). The van der Waals surface area contributed by atoms with E-state index in [-0.39, 0.29) is 24.2 Å². The van der Waals surface area contributed by atoms with Gasteiger partial charge in [-0.05, 0) is 43.4 Å². The van der Waals surface area contributed by atoms with Crippen LogP contribution in [0.2, 0.25) is 5.02 Å². The van der Waals surface area contributed by atoms with E-state index in [0.29, 0.717) is 23.1 Å². The smallest absolute Gasteiger partial charge is 0.241 e. The van der Waals surface area contributed by atoms with Crippen LogP contribution in [0.3, 0.4) is 0 Å². The average molecular weight is 361 g/mol. The van der Waals surface area contributed by atoms with Crippen molar-refractivity contribution in [2.24, 2.45) is 11.7 Å². The first kappa shape index (κ1) is 20.1. The number of carbonyl (C=O) groups is 1. The SMILES string of the molecule is CCCOc1ccc(NC(=O)[C@@H](N)C2CCCCC2)cc1Cl.Cl. The van der Waals surface area contributed by atoms with Crippen molar-refractivity contribution in [3.8, 4) is 5.75 Å². The molecule has 1 aromatic rings. The van der Waals surface area contributed by atoms with E-state index >= 15 is 0 Å². The van der Waals surface area contributed by atoms with Gasteiger partial charge in [0.1, 0.15) is 5.75 Å². The molecule has 0 aromatic heterocycles. The number of amides is 1. The van der Waals surface area contributed by atoms with Crippen LogP contribution in [0.4, 0.5) is 5.69 Å². The van der Waals surface area contributed by atoms with Crippen molar-refractivity contribution >= 4 is 35.6 Å². The Hall–Kier alpha value is -0.970. The number of nitrogens with one attached hydrogen (secondary N) is 1. The third-order valence-corrected chi connectivity index (χ3v) is 4.42. The van der Waals surface area contributed by atoms with Gasteiger partial charge in [-0.1, -0.05) is 37.8 Å². The largest absolute Gasteiger partial charge is 0.492 e. The van der Waals surface area contributed by atoms with Gasteiger partial charge in [-0.15, -0.1) is 12.4 Å². The zero-order chi connectivity index (χ0) is 15.9. The van der Waals surface area contributed by atoms with Crippen LogP contribution in [0, 0.1) is 5.92 Å². The van der Waals surface area contributed by atoms with Crippen molar-refractivity contribution in [2.75, 3.05) is 11.9 Å². The Morgan fingerprint density at radius 1 is 1.39 bits per heavy atom. The summed E-state index contributed by atoms with van der Waals surface area (Å²) < 4.78 is 5.52. The quantitative estimate of drug-likeness (QED) is 0.790. The molecule has 1 aliphatic rings. The van der Waals surface area contributed by atoms with Gasteiger partial charge in [0, 0.05) is 5.69 Å². The van der Waals surface area contributed by atoms with Gasteiger partial charge < -0.3 is 15.8 Å². The van der Waals surface area contributed by atoms with Crippen LogP contribution < -0.4 is 15.8 Å². The first-order chi connectivity index (χ1) is 10.6. The van der Waals surface area contributed by atoms with E-state index in [1.165, 1.54) is 19.3 Å². The summed E-state index contributed by atoms with van der Waals surface area (Å²) in [6.45, 7) is 2.66. The number of ether oxygens (including phenoxy) is 1. The summed E-state index contributed by atoms with van der Waals surface area (Å²) in [7, 11) is 0. The van der Waals surface area contributed by atoms with E-state index in [0.717, 1.165) is 19.3 Å². The summed E-state index contributed by atoms with van der Waals surface area (Å²) in [5, 5.41) is 3.36. The molecule has 4 nitrogen and oxygen atoms in total. The molecule has 1 aromatic carbocycles. The lowest BCUT2D eigenvalue weighted by atomic mass is 9.84. The highest BCUT2D eigenvalue weighted by Crippen LogP contribution is 2.29. The Balaban J connectivity index is 0.00000264. The highest BCUT2D eigenvalue weighted by Gasteiger charge is 2.26. The predicted molar refractivity (Wildman–Crippen MR) is 97.7 cm³/mol. The molecular formula is C17H26Cl2N2O2. The Labute approximate surface area is 149 Å². The number of rotatable bonds is 6. The summed E-state index contributed by atoms with van der Waals surface area (Å²) in [6, 6.07) is 4.83. The monoisotopic (exact) mass is 360 g/mol. The molecule has 6 heteroatoms. The molecule has 1 aliphatic carbocycles. The van der Waals surface area contributed by atoms with Crippen LogP contribution in [0.1, 0.15) is 45.4 Å². The fourth-order valence-electron chi connectivity index (χ4n) is 2.84. The van der Waals surface area contributed by atoms with Gasteiger partial charge in [0.2, 0.25) is 5.91 Å². The molecule has 23 heavy (non-hydrogen) atoms. The number of benzene rings is 1. The predicted octanol–water partition coefficient (Wildman–Crippen LogP) is 4.40. The molecule has 0 spiro atoms. The van der Waals surface area contributed by atoms with Gasteiger partial charge in [0.05, 0.1) is 17.7 Å². The van der Waals surface area contributed by atoms with Gasteiger partial charge in [-0.2, -0.15) is 0 Å². The van der Waals surface area contributed by atoms with Gasteiger partial charge >= 0.3 is 0 Å². The van der Waals surface area contributed by atoms with Crippen LogP contribution in [0.15, 0.2) is 18.2 Å². The fraction of sp³-hybridized carbons (Fsp3) is 0.588. The maximum absolute atomic E-state index is 12.3. The van der Waals surface area contributed by atoms with Crippen molar-refractivity contribution in [1.82, 2.24) is 0 Å². The molecule has 0 unspecified atom stereocenters. The highest BCUT2D eigenvalue weighted by molar-refractivity contribution is 6.32. The maximum atomic E-state index is 12.3. The number of carbonyl (C=O) groups excluding carboxylic acids is 1. The molecule has 1 amide bonds. The van der Waals surface area contributed by atoms with Crippen molar-refractivity contribution in [1.29, 1.82) is 0 Å². The zero-order valence-corrected chi connectivity index (χ0v) is 15.1. The lowest BCUT2D eigenvalue weighted by molar-refractivity contribution is -0.118. The standard InChI is InChI=1S/C17H25ClN2O2.ClH/c1-2-10-22-15-9-8-13(11-14(15)18)20-17(21)16(19)12-6-4-3-5-7-12;/h8-9,11-12,16H,2-7,10,19H2,1H3,(H,20,21);1H/t16-;/m0./s1. The number of nitrogens with two attached hydrogens (primary N) is 1. The first-order valence-corrected chi connectivity index (χ1v) is 8.48. The summed E-state index contributed by atoms with van der Waals surface area (Å²) in [4.78, 5) is 12.3. The van der Waals surface area contributed by atoms with Crippen LogP contribution in [-0.4, -0.2) is 18.6 Å². The van der Waals surface area contributed by atoms with Crippen molar-refractivity contribution in [3.63, 3.8) is 0 Å². The summed E-state index contributed by atoms with van der Waals surface area (Å²) in [6.07, 6.45) is 6.59. The zero-order valence-electron chi connectivity index (χ0n) is 13.5. The van der Waals surface area contributed by atoms with E-state index in [4.69, 9.17) is 22.1 Å². The van der Waals surface area contributed by atoms with Crippen molar-refractivity contribution < 1.29 is 9.53 Å². The van der Waals surface area contributed by atoms with Gasteiger partial charge in [0.25, 0.3) is 0 Å². The average Bonchev–Trinajstić information content (AvgIpc) is 2.54. The highest BCUT2D eigenvalue weighted by atomic mass is 35.5. The van der Waals surface area contributed by atoms with Gasteiger partial charge in [-0.25, -0.2) is 0 Å². The molecule has 1 saturated carbocycles. The number of halogens is 2. The van der Waals surface area contributed by atoms with Crippen LogP contribution in [-0.2, 0) is 4.79 Å². The van der Waals surface area contributed by atoms with Crippen LogP contribution >= 0.6 is 24.0 Å². The first-order valence-electron chi connectivity index (χ1n) is 8.10. The number of hydrogen-bond donors (Lipinski definition) is 2. The summed E-state index contributed by atoms with van der Waals surface area (Å²) >= 11 is 6.17. The lowest BCUT2D eigenvalue weighted by Crippen LogP contribution is -2.42. The molecule has 1 fully saturated rings. The van der Waals surface area contributed by atoms with Crippen molar-refractivity contribution in [2.45, 2.75) is 51.5 Å². The molecule has 0 heterocycles. The third kappa shape index (κ3) is 5.87. The topological polar surface area (TPSA) is 64.3 Å². The van der Waals surface area contributed by atoms with Crippen molar-refractivity contribution in [3.05, 3.63) is 23.2 Å². The third-order valence-electron chi connectivity index (χ3n) is 4.12. The molecule has 130 valence electrons. The van der Waals surface area contributed by atoms with Gasteiger partial charge in [-0.3, -0.25) is 4.79 Å². The van der Waals surface area contributed by atoms with E-state index < -0.39 is 6.04 Å². The minimum Gasteiger partial charge on any atom is -0.492 e. The minimum absolute atomic E-state index is 0. The molecule has 3 N–H and O–H groups in total. The number of hydrogen-bond acceptors (Lipinski definition) is 3. The summed E-state index contributed by atoms with van der Waals surface area (Å²) in [5.74, 6) is 0.791. The van der Waals surface area contributed by atoms with Crippen LogP contribution in [0.25, 0.3) is 0 Å². The minimum atomic E-state index is -0.449. The van der Waals surface area contributed by atoms with E-state index in [1.807, 2.05) is 6.92 Å². The van der Waals surface area contributed by atoms with E-state index in [2.05, 4.69) is 5.32 Å². The van der Waals surface area contributed by atoms with Crippen LogP contribution in [0.5, 0.6) is 5.75 Å². The van der Waals surface area contributed by atoms with Gasteiger partial charge in [0.15, 0.2) is 0 Å². The molecular weight excluding hydrogens is 335 g/mol. The Morgan fingerprint density at radius 2 is 2.09 bits per heavy atom. The lowest BCUT2D eigenvalue weighted by Gasteiger charge is -2.26. The molecule has 1 atom stereocenters. The molecule has 0 bridgehead atoms. The Kier molecular flexibility index (Phi) is 8.74. The normalized spacial score (nSPS) is 16.3. The van der Waals surface area contributed by atoms with E-state index in [9.17, 15) is 4.79 Å². The second kappa shape index (κ2) is 10.0. The summed E-state index contributed by atoms with van der Waals surface area (Å²) in [5.41, 5.74) is 6.76. The molecule has 0 radical (unpaired) electrons. The molecule has 0 aliphatic heterocycles. The second-order valence-corrected chi connectivity index (χ2v) is 6.31. The van der Waals surface area contributed by atoms with E-state index in [1.54, 1.807) is 18.2 Å². The Bertz CT molecular complexity index is 505.